The number of sulfone groups is 1. The molecular weight excluding hydrogens is 495 g/mol. The van der Waals surface area contributed by atoms with Crippen molar-refractivity contribution in [2.24, 2.45) is 0 Å². The maximum Gasteiger partial charge on any atom is 0.228 e. The maximum absolute atomic E-state index is 13.4. The molecule has 0 bridgehead atoms. The molecule has 0 aliphatic heterocycles. The Kier molecular flexibility index (Phi) is 8.12. The Balaban J connectivity index is 1.63. The molecule has 1 N–H and O–H groups in total. The van der Waals surface area contributed by atoms with Gasteiger partial charge < -0.3 is 14.8 Å². The van der Waals surface area contributed by atoms with Crippen LogP contribution in [-0.4, -0.2) is 34.5 Å². The molecule has 4 aromatic rings. The zero-order chi connectivity index (χ0) is 25.5. The highest BCUT2D eigenvalue weighted by Crippen LogP contribution is 2.21. The molecule has 0 aliphatic carbocycles. The third-order valence-electron chi connectivity index (χ3n) is 5.68. The Morgan fingerprint density at radius 1 is 0.972 bits per heavy atom. The monoisotopic (exact) mass is 522 g/mol. The van der Waals surface area contributed by atoms with Gasteiger partial charge in [-0.2, -0.15) is 0 Å². The van der Waals surface area contributed by atoms with Gasteiger partial charge in [-0.1, -0.05) is 60.7 Å². The predicted octanol–water partition coefficient (Wildman–Crippen LogP) is 5.26. The number of nitrogens with one attached hydrogen (secondary N) is 1. The lowest BCUT2D eigenvalue weighted by molar-refractivity contribution is 0.422. The van der Waals surface area contributed by atoms with E-state index in [1.807, 2.05) is 60.4 Å². The topological polar surface area (TPSA) is 67.2 Å². The van der Waals surface area contributed by atoms with E-state index in [0.29, 0.717) is 36.0 Å². The van der Waals surface area contributed by atoms with Crippen LogP contribution in [0.3, 0.4) is 0 Å². The van der Waals surface area contributed by atoms with E-state index in [1.165, 1.54) is 12.1 Å². The van der Waals surface area contributed by atoms with E-state index in [0.717, 1.165) is 11.3 Å². The van der Waals surface area contributed by atoms with E-state index in [1.54, 1.807) is 35.0 Å². The third kappa shape index (κ3) is 6.35. The van der Waals surface area contributed by atoms with E-state index in [9.17, 15) is 12.8 Å². The number of nitrogens with zero attached hydrogens (tertiary/aromatic N) is 3. The second kappa shape index (κ2) is 11.5. The first-order valence-corrected chi connectivity index (χ1v) is 13.6. The Bertz CT molecular complexity index is 1410. The Hall–Kier alpha value is -3.56. The fourth-order valence-corrected chi connectivity index (χ4v) is 5.62. The molecule has 0 radical (unpaired) electrons. The molecule has 0 aliphatic rings. The Labute approximate surface area is 216 Å². The molecule has 0 saturated heterocycles. The van der Waals surface area contributed by atoms with Gasteiger partial charge in [-0.05, 0) is 54.5 Å². The highest BCUT2D eigenvalue weighted by Gasteiger charge is 2.25. The Morgan fingerprint density at radius 2 is 1.58 bits per heavy atom. The molecule has 186 valence electrons. The van der Waals surface area contributed by atoms with Crippen LogP contribution >= 0.6 is 12.2 Å². The van der Waals surface area contributed by atoms with Gasteiger partial charge in [0.15, 0.2) is 5.11 Å². The van der Waals surface area contributed by atoms with Gasteiger partial charge in [0.05, 0.1) is 30.7 Å². The van der Waals surface area contributed by atoms with Gasteiger partial charge >= 0.3 is 0 Å². The van der Waals surface area contributed by atoms with Gasteiger partial charge in [0.2, 0.25) is 15.0 Å². The van der Waals surface area contributed by atoms with Crippen LogP contribution in [0, 0.1) is 5.82 Å². The zero-order valence-electron chi connectivity index (χ0n) is 19.8. The number of hydrogen-bond donors (Lipinski definition) is 1. The van der Waals surface area contributed by atoms with Crippen LogP contribution in [0.25, 0.3) is 0 Å². The fraction of sp³-hybridized carbons (Fsp3) is 0.185. The molecule has 9 heteroatoms. The standard InChI is InChI=1S/C27H27FN4O2S2/c1-2-31(26(35)30-24-15-13-23(28)14-16-24)19-25-17-29-27(32(25)18-21-9-5-3-6-10-21)36(33,34)20-22-11-7-4-8-12-22/h3-17H,2,18-20H2,1H3,(H,30,35). The van der Waals surface area contributed by atoms with Crippen LogP contribution in [0.15, 0.2) is 96.3 Å². The van der Waals surface area contributed by atoms with Crippen LogP contribution in [0.2, 0.25) is 0 Å². The molecule has 0 saturated carbocycles. The third-order valence-corrected chi connectivity index (χ3v) is 7.64. The summed E-state index contributed by atoms with van der Waals surface area (Å²) in [4.78, 5) is 6.27. The van der Waals surface area contributed by atoms with Crippen molar-refractivity contribution >= 4 is 32.9 Å². The number of benzene rings is 3. The van der Waals surface area contributed by atoms with E-state index >= 15 is 0 Å². The van der Waals surface area contributed by atoms with E-state index in [2.05, 4.69) is 10.3 Å². The lowest BCUT2D eigenvalue weighted by atomic mass is 10.2. The first-order valence-electron chi connectivity index (χ1n) is 11.5. The van der Waals surface area contributed by atoms with Gasteiger partial charge in [-0.15, -0.1) is 0 Å². The average molecular weight is 523 g/mol. The second-order valence-electron chi connectivity index (χ2n) is 8.30. The smallest absolute Gasteiger partial charge is 0.228 e. The molecule has 0 atom stereocenters. The molecule has 4 rings (SSSR count). The van der Waals surface area contributed by atoms with Gasteiger partial charge in [0, 0.05) is 12.2 Å². The number of anilines is 1. The van der Waals surface area contributed by atoms with Gasteiger partial charge in [-0.25, -0.2) is 17.8 Å². The van der Waals surface area contributed by atoms with Crippen molar-refractivity contribution in [2.45, 2.75) is 30.9 Å². The number of halogens is 1. The summed E-state index contributed by atoms with van der Waals surface area (Å²) in [5.74, 6) is -0.464. The van der Waals surface area contributed by atoms with Crippen molar-refractivity contribution < 1.29 is 12.8 Å². The van der Waals surface area contributed by atoms with E-state index in [4.69, 9.17) is 12.2 Å². The lowest BCUT2D eigenvalue weighted by Crippen LogP contribution is -2.35. The van der Waals surface area contributed by atoms with Crippen LogP contribution in [-0.2, 0) is 28.7 Å². The van der Waals surface area contributed by atoms with Crippen molar-refractivity contribution in [3.05, 3.63) is 114 Å². The van der Waals surface area contributed by atoms with Crippen molar-refractivity contribution in [1.29, 1.82) is 0 Å². The minimum Gasteiger partial charge on any atom is -0.343 e. The van der Waals surface area contributed by atoms with Crippen LogP contribution in [0.5, 0.6) is 0 Å². The summed E-state index contributed by atoms with van der Waals surface area (Å²) in [5.41, 5.74) is 3.05. The molecule has 0 unspecified atom stereocenters. The minimum atomic E-state index is -3.71. The van der Waals surface area contributed by atoms with E-state index < -0.39 is 9.84 Å². The largest absolute Gasteiger partial charge is 0.343 e. The molecule has 1 heterocycles. The molecule has 0 amide bonds. The van der Waals surface area contributed by atoms with Crippen molar-refractivity contribution in [1.82, 2.24) is 14.5 Å². The Morgan fingerprint density at radius 3 is 2.19 bits per heavy atom. The molecule has 36 heavy (non-hydrogen) atoms. The summed E-state index contributed by atoms with van der Waals surface area (Å²) in [6, 6.07) is 24.7. The maximum atomic E-state index is 13.4. The number of aromatic nitrogens is 2. The van der Waals surface area contributed by atoms with E-state index in [-0.39, 0.29) is 16.7 Å². The minimum absolute atomic E-state index is 0.0265. The predicted molar refractivity (Wildman–Crippen MR) is 144 cm³/mol. The van der Waals surface area contributed by atoms with Crippen LogP contribution in [0.4, 0.5) is 10.1 Å². The average Bonchev–Trinajstić information content (AvgIpc) is 3.27. The van der Waals surface area contributed by atoms with Gasteiger partial charge in [0.25, 0.3) is 0 Å². The summed E-state index contributed by atoms with van der Waals surface area (Å²) in [6.45, 7) is 3.25. The number of thiocarbonyl (C=S) groups is 1. The second-order valence-corrected chi connectivity index (χ2v) is 10.6. The summed E-state index contributed by atoms with van der Waals surface area (Å²) >= 11 is 5.60. The van der Waals surface area contributed by atoms with Gasteiger partial charge in [0.1, 0.15) is 5.82 Å². The molecule has 1 aromatic heterocycles. The van der Waals surface area contributed by atoms with Crippen LogP contribution in [0.1, 0.15) is 23.7 Å². The van der Waals surface area contributed by atoms with Crippen molar-refractivity contribution in [2.75, 3.05) is 11.9 Å². The normalized spacial score (nSPS) is 11.3. The molecule has 6 nitrogen and oxygen atoms in total. The summed E-state index contributed by atoms with van der Waals surface area (Å²) < 4.78 is 41.8. The summed E-state index contributed by atoms with van der Waals surface area (Å²) in [7, 11) is -3.71. The quantitative estimate of drug-likeness (QED) is 0.303. The number of hydrogen-bond acceptors (Lipinski definition) is 4. The highest BCUT2D eigenvalue weighted by molar-refractivity contribution is 7.90. The summed E-state index contributed by atoms with van der Waals surface area (Å²) in [6.07, 6.45) is 1.60. The number of rotatable bonds is 9. The number of imidazole rings is 1. The highest BCUT2D eigenvalue weighted by atomic mass is 32.2. The summed E-state index contributed by atoms with van der Waals surface area (Å²) in [5, 5.41) is 3.60. The first kappa shape index (κ1) is 25.5. The molecule has 3 aromatic carbocycles. The van der Waals surface area contributed by atoms with Crippen molar-refractivity contribution in [3.63, 3.8) is 0 Å². The van der Waals surface area contributed by atoms with Crippen molar-refractivity contribution in [3.8, 4) is 0 Å². The lowest BCUT2D eigenvalue weighted by Gasteiger charge is -2.25. The zero-order valence-corrected chi connectivity index (χ0v) is 21.5. The molecule has 0 spiro atoms. The SMILES string of the molecule is CCN(Cc1cnc(S(=O)(=O)Cc2ccccc2)n1Cc1ccccc1)C(=S)Nc1ccc(F)cc1. The molecule has 0 fully saturated rings. The van der Waals surface area contributed by atoms with Gasteiger partial charge in [-0.3, -0.25) is 0 Å². The fourth-order valence-electron chi connectivity index (χ4n) is 3.82. The first-order chi connectivity index (χ1) is 17.4. The van der Waals surface area contributed by atoms with Crippen LogP contribution < -0.4 is 5.32 Å². The molecular formula is C27H27FN4O2S2.